The highest BCUT2D eigenvalue weighted by atomic mass is 28.4. The Morgan fingerprint density at radius 2 is 1.86 bits per heavy atom. The van der Waals surface area contributed by atoms with Crippen molar-refractivity contribution in [2.75, 3.05) is 13.1 Å². The Labute approximate surface area is 135 Å². The van der Waals surface area contributed by atoms with Crippen molar-refractivity contribution in [2.45, 2.75) is 52.2 Å². The van der Waals surface area contributed by atoms with Gasteiger partial charge in [-0.2, -0.15) is 0 Å². The predicted molar refractivity (Wildman–Crippen MR) is 95.1 cm³/mol. The van der Waals surface area contributed by atoms with Crippen LogP contribution in [0.4, 0.5) is 0 Å². The largest absolute Gasteiger partial charge is 0.428 e. The normalized spacial score (nSPS) is 11.7. The van der Waals surface area contributed by atoms with E-state index in [4.69, 9.17) is 0 Å². The average Bonchev–Trinajstić information content (AvgIpc) is 2.45. The van der Waals surface area contributed by atoms with Crippen molar-refractivity contribution in [3.05, 3.63) is 29.8 Å². The van der Waals surface area contributed by atoms with Gasteiger partial charge < -0.3 is 15.4 Å². The van der Waals surface area contributed by atoms with E-state index in [9.17, 15) is 9.59 Å². The maximum atomic E-state index is 12.1. The first-order chi connectivity index (χ1) is 10.3. The van der Waals surface area contributed by atoms with Gasteiger partial charge in [0.2, 0.25) is 8.32 Å². The van der Waals surface area contributed by atoms with Crippen LogP contribution in [0.3, 0.4) is 0 Å². The van der Waals surface area contributed by atoms with Crippen molar-refractivity contribution in [3.63, 3.8) is 0 Å². The molecule has 0 fully saturated rings. The lowest BCUT2D eigenvalue weighted by atomic mass is 10.2. The summed E-state index contributed by atoms with van der Waals surface area (Å²) < 4.78 is 0. The SMILES string of the molecule is CC(C)NCCCCCNC(=O)c1cccc([Si](C)(C)O)c1. The van der Waals surface area contributed by atoms with Crippen LogP contribution in [0, 0.1) is 0 Å². The van der Waals surface area contributed by atoms with Gasteiger partial charge in [-0.1, -0.05) is 32.4 Å². The highest BCUT2D eigenvalue weighted by Crippen LogP contribution is 2.03. The molecule has 0 aliphatic heterocycles. The lowest BCUT2D eigenvalue weighted by Gasteiger charge is -2.15. The van der Waals surface area contributed by atoms with Gasteiger partial charge in [-0.05, 0) is 49.8 Å². The quantitative estimate of drug-likeness (QED) is 0.481. The van der Waals surface area contributed by atoms with Gasteiger partial charge in [-0.3, -0.25) is 4.79 Å². The van der Waals surface area contributed by atoms with Crippen LogP contribution in [0.25, 0.3) is 0 Å². The second-order valence-corrected chi connectivity index (χ2v) is 10.3. The van der Waals surface area contributed by atoms with E-state index in [0.717, 1.165) is 31.0 Å². The van der Waals surface area contributed by atoms with Crippen LogP contribution < -0.4 is 15.8 Å². The third-order valence-electron chi connectivity index (χ3n) is 3.52. The minimum absolute atomic E-state index is 0.0552. The summed E-state index contributed by atoms with van der Waals surface area (Å²) in [5, 5.41) is 7.22. The van der Waals surface area contributed by atoms with Crippen LogP contribution in [-0.2, 0) is 0 Å². The molecule has 0 bridgehead atoms. The number of nitrogens with one attached hydrogen (secondary N) is 2. The topological polar surface area (TPSA) is 61.4 Å². The first kappa shape index (κ1) is 18.9. The van der Waals surface area contributed by atoms with E-state index in [1.807, 2.05) is 31.3 Å². The summed E-state index contributed by atoms with van der Waals surface area (Å²) in [6.45, 7) is 9.73. The maximum Gasteiger partial charge on any atom is 0.251 e. The highest BCUT2D eigenvalue weighted by molar-refractivity contribution is 6.83. The van der Waals surface area contributed by atoms with Crippen LogP contribution >= 0.6 is 0 Å². The first-order valence-corrected chi connectivity index (χ1v) is 11.1. The zero-order valence-electron chi connectivity index (χ0n) is 14.3. The van der Waals surface area contributed by atoms with Crippen molar-refractivity contribution in [3.8, 4) is 0 Å². The number of hydrogen-bond donors (Lipinski definition) is 3. The smallest absolute Gasteiger partial charge is 0.251 e. The molecule has 0 saturated carbocycles. The Balaban J connectivity index is 2.31. The molecule has 0 aromatic heterocycles. The average molecular weight is 323 g/mol. The first-order valence-electron chi connectivity index (χ1n) is 8.15. The van der Waals surface area contributed by atoms with E-state index < -0.39 is 8.32 Å². The van der Waals surface area contributed by atoms with Crippen molar-refractivity contribution in [1.82, 2.24) is 10.6 Å². The number of rotatable bonds is 9. The molecule has 1 aromatic rings. The lowest BCUT2D eigenvalue weighted by molar-refractivity contribution is 0.0953. The standard InChI is InChI=1S/C17H30N2O2Si/c1-14(2)18-11-6-5-7-12-19-17(20)15-9-8-10-16(13-15)22(3,4)21/h8-10,13-14,18,21H,5-7,11-12H2,1-4H3,(H,19,20). The van der Waals surface area contributed by atoms with Gasteiger partial charge in [0, 0.05) is 18.2 Å². The Morgan fingerprint density at radius 3 is 2.50 bits per heavy atom. The summed E-state index contributed by atoms with van der Waals surface area (Å²) in [4.78, 5) is 22.2. The van der Waals surface area contributed by atoms with Crippen molar-refractivity contribution >= 4 is 19.4 Å². The second-order valence-electron chi connectivity index (χ2n) is 6.57. The molecule has 1 aromatic carbocycles. The van der Waals surface area contributed by atoms with Crippen LogP contribution in [0.15, 0.2) is 24.3 Å². The van der Waals surface area contributed by atoms with Gasteiger partial charge in [0.25, 0.3) is 5.91 Å². The predicted octanol–water partition coefficient (Wildman–Crippen LogP) is 1.99. The minimum Gasteiger partial charge on any atom is -0.428 e. The summed E-state index contributed by atoms with van der Waals surface area (Å²) >= 11 is 0. The second kappa shape index (κ2) is 9.08. The molecule has 0 spiro atoms. The fourth-order valence-electron chi connectivity index (χ4n) is 2.16. The van der Waals surface area contributed by atoms with E-state index in [1.165, 1.54) is 0 Å². The number of unbranched alkanes of at least 4 members (excludes halogenated alkanes) is 2. The number of carbonyl (C=O) groups is 1. The van der Waals surface area contributed by atoms with Gasteiger partial charge in [-0.15, -0.1) is 0 Å². The molecule has 0 heterocycles. The summed E-state index contributed by atoms with van der Waals surface area (Å²) in [6, 6.07) is 7.88. The maximum absolute atomic E-state index is 12.1. The molecule has 1 amide bonds. The summed E-state index contributed by atoms with van der Waals surface area (Å²) in [6.07, 6.45) is 3.23. The van der Waals surface area contributed by atoms with Crippen molar-refractivity contribution in [1.29, 1.82) is 0 Å². The molecule has 0 atom stereocenters. The zero-order chi connectivity index (χ0) is 16.6. The summed E-state index contributed by atoms with van der Waals surface area (Å²) in [7, 11) is -2.36. The van der Waals surface area contributed by atoms with E-state index in [2.05, 4.69) is 24.5 Å². The number of hydrogen-bond acceptors (Lipinski definition) is 3. The van der Waals surface area contributed by atoms with Gasteiger partial charge in [0.1, 0.15) is 0 Å². The molecule has 0 unspecified atom stereocenters. The molecule has 0 aliphatic carbocycles. The minimum atomic E-state index is -2.36. The molecule has 1 rings (SSSR count). The summed E-state index contributed by atoms with van der Waals surface area (Å²) in [5.41, 5.74) is 0.633. The lowest BCUT2D eigenvalue weighted by Crippen LogP contribution is -2.42. The Morgan fingerprint density at radius 1 is 1.18 bits per heavy atom. The molecular weight excluding hydrogens is 292 g/mol. The molecule has 0 radical (unpaired) electrons. The van der Waals surface area contributed by atoms with Gasteiger partial charge in [0.05, 0.1) is 0 Å². The zero-order valence-corrected chi connectivity index (χ0v) is 15.3. The number of benzene rings is 1. The van der Waals surface area contributed by atoms with E-state index in [1.54, 1.807) is 6.07 Å². The fraction of sp³-hybridized carbons (Fsp3) is 0.588. The number of carbonyl (C=O) groups excluding carboxylic acids is 1. The summed E-state index contributed by atoms with van der Waals surface area (Å²) in [5.74, 6) is -0.0552. The van der Waals surface area contributed by atoms with Gasteiger partial charge in [-0.25, -0.2) is 0 Å². The molecule has 0 saturated heterocycles. The molecular formula is C17H30N2O2Si. The Kier molecular flexibility index (Phi) is 7.79. The van der Waals surface area contributed by atoms with Crippen molar-refractivity contribution in [2.24, 2.45) is 0 Å². The van der Waals surface area contributed by atoms with Gasteiger partial charge in [0.15, 0.2) is 0 Å². The van der Waals surface area contributed by atoms with Gasteiger partial charge >= 0.3 is 0 Å². The molecule has 0 aliphatic rings. The van der Waals surface area contributed by atoms with Crippen LogP contribution in [0.1, 0.15) is 43.5 Å². The molecule has 5 heteroatoms. The Hall–Kier alpha value is -1.17. The third-order valence-corrected chi connectivity index (χ3v) is 5.25. The van der Waals surface area contributed by atoms with Crippen LogP contribution in [-0.4, -0.2) is 38.2 Å². The highest BCUT2D eigenvalue weighted by Gasteiger charge is 2.20. The third kappa shape index (κ3) is 7.20. The van der Waals surface area contributed by atoms with E-state index >= 15 is 0 Å². The monoisotopic (exact) mass is 322 g/mol. The van der Waals surface area contributed by atoms with E-state index in [0.29, 0.717) is 18.2 Å². The number of amides is 1. The van der Waals surface area contributed by atoms with Crippen LogP contribution in [0.5, 0.6) is 0 Å². The van der Waals surface area contributed by atoms with Crippen molar-refractivity contribution < 1.29 is 9.59 Å². The van der Waals surface area contributed by atoms with E-state index in [-0.39, 0.29) is 5.91 Å². The molecule has 22 heavy (non-hydrogen) atoms. The molecule has 124 valence electrons. The Bertz CT molecular complexity index is 470. The van der Waals surface area contributed by atoms with Crippen LogP contribution in [0.2, 0.25) is 13.1 Å². The molecule has 4 nitrogen and oxygen atoms in total. The fourth-order valence-corrected chi connectivity index (χ4v) is 3.18. The molecule has 3 N–H and O–H groups in total.